The lowest BCUT2D eigenvalue weighted by atomic mass is 9.68. The smallest absolute Gasteiger partial charge is 0.128 e. The number of aromatic nitrogens is 2. The fourth-order valence-electron chi connectivity index (χ4n) is 6.84. The number of hydrogen-bond donors (Lipinski definition) is 0. The second-order valence-electron chi connectivity index (χ2n) is 12.0. The summed E-state index contributed by atoms with van der Waals surface area (Å²) in [7, 11) is 0. The van der Waals surface area contributed by atoms with Crippen LogP contribution in [-0.2, 0) is 12.8 Å². The fourth-order valence-corrected chi connectivity index (χ4v) is 6.84. The third-order valence-corrected chi connectivity index (χ3v) is 9.27. The van der Waals surface area contributed by atoms with E-state index in [1.165, 1.54) is 134 Å². The summed E-state index contributed by atoms with van der Waals surface area (Å²) in [6, 6.07) is 0. The third kappa shape index (κ3) is 10.4. The molecule has 2 saturated carbocycles. The predicted octanol–water partition coefficient (Wildman–Crippen LogP) is 9.90. The van der Waals surface area contributed by atoms with E-state index in [9.17, 15) is 0 Å². The van der Waals surface area contributed by atoms with Gasteiger partial charge in [-0.15, -0.1) is 0 Å². The zero-order valence-electron chi connectivity index (χ0n) is 22.9. The molecule has 0 aliphatic heterocycles. The van der Waals surface area contributed by atoms with Gasteiger partial charge in [-0.05, 0) is 74.2 Å². The molecule has 0 bridgehead atoms. The Morgan fingerprint density at radius 2 is 1.06 bits per heavy atom. The minimum Gasteiger partial charge on any atom is -0.241 e. The van der Waals surface area contributed by atoms with Crippen LogP contribution in [0.1, 0.15) is 154 Å². The standard InChI is InChI=1S/C32H56N2/c1-3-5-7-8-9-10-12-14-29-25-33-32(34-26-29)24-19-28-17-22-31(23-18-28)30-20-15-27(16-21-30)13-11-6-4-2/h25-28,30-31H,3-24H2,1-2H3. The maximum atomic E-state index is 4.71. The van der Waals surface area contributed by atoms with Crippen LogP contribution >= 0.6 is 0 Å². The number of nitrogens with zero attached hydrogens (tertiary/aromatic N) is 2. The number of aryl methyl sites for hydroxylation is 2. The van der Waals surface area contributed by atoms with Gasteiger partial charge in [-0.3, -0.25) is 0 Å². The first kappa shape index (κ1) is 27.7. The largest absolute Gasteiger partial charge is 0.241 e. The Hall–Kier alpha value is -0.920. The van der Waals surface area contributed by atoms with Crippen LogP contribution in [0.3, 0.4) is 0 Å². The molecule has 2 heteroatoms. The molecule has 0 atom stereocenters. The molecule has 0 radical (unpaired) electrons. The number of hydrogen-bond acceptors (Lipinski definition) is 2. The summed E-state index contributed by atoms with van der Waals surface area (Å²) < 4.78 is 0. The zero-order chi connectivity index (χ0) is 23.8. The van der Waals surface area contributed by atoms with E-state index in [1.807, 2.05) is 0 Å². The van der Waals surface area contributed by atoms with Gasteiger partial charge in [0.2, 0.25) is 0 Å². The molecule has 1 aromatic rings. The molecule has 2 nitrogen and oxygen atoms in total. The Kier molecular flexibility index (Phi) is 13.6. The number of unbranched alkanes of at least 4 members (excludes halogenated alkanes) is 8. The van der Waals surface area contributed by atoms with Gasteiger partial charge in [-0.2, -0.15) is 0 Å². The molecule has 1 heterocycles. The van der Waals surface area contributed by atoms with Gasteiger partial charge in [0, 0.05) is 18.8 Å². The molecule has 2 fully saturated rings. The lowest BCUT2D eigenvalue weighted by molar-refractivity contribution is 0.140. The molecular formula is C32H56N2. The van der Waals surface area contributed by atoms with Crippen LogP contribution in [0.2, 0.25) is 0 Å². The van der Waals surface area contributed by atoms with Crippen molar-refractivity contribution in [2.45, 2.75) is 155 Å². The average molecular weight is 469 g/mol. The van der Waals surface area contributed by atoms with Crippen LogP contribution < -0.4 is 0 Å². The van der Waals surface area contributed by atoms with Crippen molar-refractivity contribution in [2.75, 3.05) is 0 Å². The summed E-state index contributed by atoms with van der Waals surface area (Å²) in [6.45, 7) is 4.62. The summed E-state index contributed by atoms with van der Waals surface area (Å²) in [5, 5.41) is 0. The maximum absolute atomic E-state index is 4.71. The Balaban J connectivity index is 1.24. The first-order valence-electron chi connectivity index (χ1n) is 15.6. The van der Waals surface area contributed by atoms with E-state index in [0.29, 0.717) is 0 Å². The normalized spacial score (nSPS) is 25.5. The summed E-state index contributed by atoms with van der Waals surface area (Å²) in [5.41, 5.74) is 1.33. The summed E-state index contributed by atoms with van der Waals surface area (Å²) >= 11 is 0. The first-order chi connectivity index (χ1) is 16.8. The maximum Gasteiger partial charge on any atom is 0.128 e. The molecule has 0 amide bonds. The molecule has 0 aromatic carbocycles. The molecule has 0 spiro atoms. The first-order valence-corrected chi connectivity index (χ1v) is 15.6. The second-order valence-corrected chi connectivity index (χ2v) is 12.0. The molecular weight excluding hydrogens is 412 g/mol. The fraction of sp³-hybridized carbons (Fsp3) is 0.875. The Bertz CT molecular complexity index is 608. The topological polar surface area (TPSA) is 25.8 Å². The SMILES string of the molecule is CCCCCCCCCc1cnc(CCC2CCC(C3CCC(CCCCC)CC3)CC2)nc1. The molecule has 2 aliphatic rings. The second kappa shape index (κ2) is 16.7. The lowest BCUT2D eigenvalue weighted by Gasteiger charge is -2.38. The van der Waals surface area contributed by atoms with Crippen molar-refractivity contribution in [1.29, 1.82) is 0 Å². The monoisotopic (exact) mass is 468 g/mol. The third-order valence-electron chi connectivity index (χ3n) is 9.27. The van der Waals surface area contributed by atoms with Crippen LogP contribution in [0.5, 0.6) is 0 Å². The van der Waals surface area contributed by atoms with Gasteiger partial charge < -0.3 is 0 Å². The van der Waals surface area contributed by atoms with Crippen molar-refractivity contribution in [3.63, 3.8) is 0 Å². The van der Waals surface area contributed by atoms with E-state index in [4.69, 9.17) is 9.97 Å². The van der Waals surface area contributed by atoms with E-state index in [2.05, 4.69) is 26.2 Å². The Morgan fingerprint density at radius 3 is 1.65 bits per heavy atom. The van der Waals surface area contributed by atoms with E-state index in [-0.39, 0.29) is 0 Å². The van der Waals surface area contributed by atoms with Gasteiger partial charge in [0.15, 0.2) is 0 Å². The average Bonchev–Trinajstić information content (AvgIpc) is 2.88. The Morgan fingerprint density at radius 1 is 0.559 bits per heavy atom. The highest BCUT2D eigenvalue weighted by Crippen LogP contribution is 2.43. The van der Waals surface area contributed by atoms with Gasteiger partial charge in [-0.25, -0.2) is 9.97 Å². The highest BCUT2D eigenvalue weighted by Gasteiger charge is 2.30. The van der Waals surface area contributed by atoms with Gasteiger partial charge >= 0.3 is 0 Å². The van der Waals surface area contributed by atoms with Gasteiger partial charge in [0.1, 0.15) is 5.82 Å². The quantitative estimate of drug-likeness (QED) is 0.225. The Labute approximate surface area is 212 Å². The van der Waals surface area contributed by atoms with Gasteiger partial charge in [-0.1, -0.05) is 104 Å². The van der Waals surface area contributed by atoms with Crippen molar-refractivity contribution >= 4 is 0 Å². The highest BCUT2D eigenvalue weighted by molar-refractivity contribution is 5.05. The van der Waals surface area contributed by atoms with Crippen LogP contribution in [0.25, 0.3) is 0 Å². The molecule has 1 aromatic heterocycles. The van der Waals surface area contributed by atoms with Gasteiger partial charge in [0.25, 0.3) is 0 Å². The van der Waals surface area contributed by atoms with Crippen LogP contribution in [0, 0.1) is 23.7 Å². The van der Waals surface area contributed by atoms with Crippen molar-refractivity contribution in [3.05, 3.63) is 23.8 Å². The molecule has 0 saturated heterocycles. The number of rotatable bonds is 16. The van der Waals surface area contributed by atoms with Crippen molar-refractivity contribution in [2.24, 2.45) is 23.7 Å². The van der Waals surface area contributed by atoms with E-state index in [1.54, 1.807) is 0 Å². The van der Waals surface area contributed by atoms with Crippen molar-refractivity contribution < 1.29 is 0 Å². The summed E-state index contributed by atoms with van der Waals surface area (Å²) in [6.07, 6.45) is 35.2. The van der Waals surface area contributed by atoms with E-state index in [0.717, 1.165) is 42.3 Å². The molecule has 0 N–H and O–H groups in total. The van der Waals surface area contributed by atoms with Crippen molar-refractivity contribution in [3.8, 4) is 0 Å². The van der Waals surface area contributed by atoms with Crippen molar-refractivity contribution in [1.82, 2.24) is 9.97 Å². The highest BCUT2D eigenvalue weighted by atomic mass is 14.9. The van der Waals surface area contributed by atoms with E-state index >= 15 is 0 Å². The molecule has 0 unspecified atom stereocenters. The lowest BCUT2D eigenvalue weighted by Crippen LogP contribution is -2.26. The predicted molar refractivity (Wildman–Crippen MR) is 147 cm³/mol. The van der Waals surface area contributed by atoms with Crippen LogP contribution in [-0.4, -0.2) is 9.97 Å². The molecule has 2 aliphatic carbocycles. The summed E-state index contributed by atoms with van der Waals surface area (Å²) in [5.74, 6) is 5.14. The summed E-state index contributed by atoms with van der Waals surface area (Å²) in [4.78, 5) is 9.43. The molecule has 194 valence electrons. The minimum absolute atomic E-state index is 0.914. The zero-order valence-corrected chi connectivity index (χ0v) is 22.9. The van der Waals surface area contributed by atoms with E-state index < -0.39 is 0 Å². The molecule has 34 heavy (non-hydrogen) atoms. The van der Waals surface area contributed by atoms with Crippen LogP contribution in [0.4, 0.5) is 0 Å². The van der Waals surface area contributed by atoms with Gasteiger partial charge in [0.05, 0.1) is 0 Å². The molecule has 3 rings (SSSR count). The van der Waals surface area contributed by atoms with Crippen LogP contribution in [0.15, 0.2) is 12.4 Å². The minimum atomic E-state index is 0.914.